The smallest absolute Gasteiger partial charge is 0.163 e. The largest absolute Gasteiger partial charge is 0.461 e. The molecule has 21 heavy (non-hydrogen) atoms. The molecule has 2 aromatic rings. The van der Waals surface area contributed by atoms with E-state index in [1.165, 1.54) is 0 Å². The molecule has 1 aliphatic carbocycles. The Labute approximate surface area is 124 Å². The first-order chi connectivity index (χ1) is 10.3. The monoisotopic (exact) mass is 276 g/mol. The van der Waals surface area contributed by atoms with Crippen molar-refractivity contribution >= 4 is 5.78 Å². The molecule has 1 atom stereocenters. The zero-order valence-electron chi connectivity index (χ0n) is 11.7. The molecule has 1 unspecified atom stereocenters. The molecule has 2 heteroatoms. The van der Waals surface area contributed by atoms with Gasteiger partial charge in [0.25, 0.3) is 0 Å². The van der Waals surface area contributed by atoms with Crippen molar-refractivity contribution < 1.29 is 9.53 Å². The molecule has 0 fully saturated rings. The van der Waals surface area contributed by atoms with E-state index in [2.05, 4.69) is 18.2 Å². The highest BCUT2D eigenvalue weighted by Crippen LogP contribution is 2.46. The third-order valence-corrected chi connectivity index (χ3v) is 4.29. The van der Waals surface area contributed by atoms with Gasteiger partial charge in [-0.05, 0) is 18.1 Å². The number of Topliss-reactive ketones (excluding diaryl/α,β-unsaturated/α-hetero) is 1. The predicted molar refractivity (Wildman–Crippen MR) is 81.2 cm³/mol. The molecule has 0 N–H and O–H groups in total. The molecule has 2 aromatic carbocycles. The minimum absolute atomic E-state index is 0.0129. The van der Waals surface area contributed by atoms with Crippen LogP contribution < -0.4 is 4.74 Å². The fourth-order valence-electron chi connectivity index (χ4n) is 3.35. The molecule has 2 aliphatic rings. The summed E-state index contributed by atoms with van der Waals surface area (Å²) in [4.78, 5) is 12.5. The molecule has 0 saturated carbocycles. The number of rotatable bonds is 1. The summed E-state index contributed by atoms with van der Waals surface area (Å²) < 4.78 is 6.02. The van der Waals surface area contributed by atoms with Crippen molar-refractivity contribution in [1.82, 2.24) is 0 Å². The number of ketones is 1. The van der Waals surface area contributed by atoms with Crippen LogP contribution in [0.2, 0.25) is 0 Å². The molecule has 104 valence electrons. The van der Waals surface area contributed by atoms with Gasteiger partial charge in [-0.3, -0.25) is 4.79 Å². The number of carbonyl (C=O) groups is 1. The Hall–Kier alpha value is -2.35. The molecule has 4 rings (SSSR count). The number of hydrogen-bond acceptors (Lipinski definition) is 2. The van der Waals surface area contributed by atoms with Crippen molar-refractivity contribution in [3.8, 4) is 5.75 Å². The molecule has 0 amide bonds. The average Bonchev–Trinajstić information content (AvgIpc) is 2.54. The number of allylic oxidation sites excluding steroid dienone is 2. The predicted octanol–water partition coefficient (Wildman–Crippen LogP) is 4.22. The fraction of sp³-hybridized carbons (Fsp3) is 0.211. The Morgan fingerprint density at radius 3 is 2.52 bits per heavy atom. The van der Waals surface area contributed by atoms with Gasteiger partial charge < -0.3 is 4.74 Å². The third kappa shape index (κ3) is 1.99. The van der Waals surface area contributed by atoms with Crippen molar-refractivity contribution in [2.24, 2.45) is 0 Å². The molecular formula is C19H16O2. The van der Waals surface area contributed by atoms with Gasteiger partial charge in [0.2, 0.25) is 0 Å². The molecular weight excluding hydrogens is 260 g/mol. The highest BCUT2D eigenvalue weighted by atomic mass is 16.5. The number of fused-ring (bicyclic) bond motifs is 1. The maximum absolute atomic E-state index is 12.5. The summed E-state index contributed by atoms with van der Waals surface area (Å²) in [5.41, 5.74) is 3.12. The van der Waals surface area contributed by atoms with Crippen LogP contribution in [0.4, 0.5) is 0 Å². The SMILES string of the molecule is O=C1CCCC2=C1C(c1ccccc1)c1ccccc1O2. The Morgan fingerprint density at radius 1 is 0.905 bits per heavy atom. The van der Waals surface area contributed by atoms with Crippen LogP contribution in [0.15, 0.2) is 65.9 Å². The normalized spacial score (nSPS) is 20.6. The maximum atomic E-state index is 12.5. The molecule has 1 aliphatic heterocycles. The summed E-state index contributed by atoms with van der Waals surface area (Å²) in [5, 5.41) is 0. The summed E-state index contributed by atoms with van der Waals surface area (Å²) in [6, 6.07) is 18.3. The zero-order valence-corrected chi connectivity index (χ0v) is 11.7. The third-order valence-electron chi connectivity index (χ3n) is 4.29. The van der Waals surface area contributed by atoms with E-state index in [-0.39, 0.29) is 11.7 Å². The van der Waals surface area contributed by atoms with Crippen molar-refractivity contribution in [1.29, 1.82) is 0 Å². The highest BCUT2D eigenvalue weighted by Gasteiger charge is 2.36. The van der Waals surface area contributed by atoms with E-state index in [1.807, 2.05) is 36.4 Å². The van der Waals surface area contributed by atoms with Crippen LogP contribution in [0.5, 0.6) is 5.75 Å². The Balaban J connectivity index is 1.95. The van der Waals surface area contributed by atoms with E-state index in [4.69, 9.17) is 4.74 Å². The summed E-state index contributed by atoms with van der Waals surface area (Å²) in [7, 11) is 0. The van der Waals surface area contributed by atoms with Crippen molar-refractivity contribution in [3.05, 3.63) is 77.1 Å². The second-order valence-electron chi connectivity index (χ2n) is 5.60. The lowest BCUT2D eigenvalue weighted by molar-refractivity contribution is -0.116. The van der Waals surface area contributed by atoms with Crippen LogP contribution >= 0.6 is 0 Å². The van der Waals surface area contributed by atoms with E-state index in [1.54, 1.807) is 0 Å². The molecule has 0 aromatic heterocycles. The van der Waals surface area contributed by atoms with Crippen LogP contribution in [0.3, 0.4) is 0 Å². The lowest BCUT2D eigenvalue weighted by atomic mass is 9.77. The zero-order chi connectivity index (χ0) is 14.2. The Bertz CT molecular complexity index is 728. The first-order valence-corrected chi connectivity index (χ1v) is 7.42. The standard InChI is InChI=1S/C19H16O2/c20-15-10-6-12-17-19(15)18(13-7-2-1-3-8-13)14-9-4-5-11-16(14)21-17/h1-5,7-9,11,18H,6,10,12H2. The Kier molecular flexibility index (Phi) is 2.88. The summed E-state index contributed by atoms with van der Waals surface area (Å²) in [5.74, 6) is 2.01. The van der Waals surface area contributed by atoms with E-state index < -0.39 is 0 Å². The van der Waals surface area contributed by atoms with Gasteiger partial charge in [-0.1, -0.05) is 48.5 Å². The first kappa shape index (κ1) is 12.4. The van der Waals surface area contributed by atoms with Crippen molar-refractivity contribution in [2.45, 2.75) is 25.2 Å². The summed E-state index contributed by atoms with van der Waals surface area (Å²) in [6.07, 6.45) is 2.38. The van der Waals surface area contributed by atoms with Crippen LogP contribution in [-0.2, 0) is 4.79 Å². The van der Waals surface area contributed by atoms with Gasteiger partial charge in [0.05, 0.1) is 0 Å². The minimum atomic E-state index is 0.0129. The summed E-state index contributed by atoms with van der Waals surface area (Å²) in [6.45, 7) is 0. The van der Waals surface area contributed by atoms with E-state index in [9.17, 15) is 4.79 Å². The molecule has 1 heterocycles. The summed E-state index contributed by atoms with van der Waals surface area (Å²) >= 11 is 0. The van der Waals surface area contributed by atoms with Gasteiger partial charge in [0.15, 0.2) is 5.78 Å². The van der Waals surface area contributed by atoms with Gasteiger partial charge in [-0.15, -0.1) is 0 Å². The van der Waals surface area contributed by atoms with Crippen LogP contribution in [0.1, 0.15) is 36.3 Å². The maximum Gasteiger partial charge on any atom is 0.163 e. The van der Waals surface area contributed by atoms with Crippen LogP contribution in [0.25, 0.3) is 0 Å². The molecule has 2 nitrogen and oxygen atoms in total. The van der Waals surface area contributed by atoms with E-state index in [0.29, 0.717) is 6.42 Å². The molecule has 0 bridgehead atoms. The second-order valence-corrected chi connectivity index (χ2v) is 5.60. The van der Waals surface area contributed by atoms with Crippen LogP contribution in [0, 0.1) is 0 Å². The van der Waals surface area contributed by atoms with E-state index in [0.717, 1.165) is 41.1 Å². The number of hydrogen-bond donors (Lipinski definition) is 0. The first-order valence-electron chi connectivity index (χ1n) is 7.42. The molecule has 0 radical (unpaired) electrons. The van der Waals surface area contributed by atoms with Gasteiger partial charge in [0, 0.05) is 29.9 Å². The van der Waals surface area contributed by atoms with Gasteiger partial charge in [-0.25, -0.2) is 0 Å². The quantitative estimate of drug-likeness (QED) is 0.779. The van der Waals surface area contributed by atoms with Gasteiger partial charge in [-0.2, -0.15) is 0 Å². The fourth-order valence-corrected chi connectivity index (χ4v) is 3.35. The molecule has 0 spiro atoms. The number of benzene rings is 2. The highest BCUT2D eigenvalue weighted by molar-refractivity contribution is 5.99. The lowest BCUT2D eigenvalue weighted by Crippen LogP contribution is -2.25. The van der Waals surface area contributed by atoms with Crippen molar-refractivity contribution in [3.63, 3.8) is 0 Å². The van der Waals surface area contributed by atoms with Gasteiger partial charge in [0.1, 0.15) is 11.5 Å². The number of para-hydroxylation sites is 1. The lowest BCUT2D eigenvalue weighted by Gasteiger charge is -2.32. The molecule has 0 saturated heterocycles. The van der Waals surface area contributed by atoms with Crippen molar-refractivity contribution in [2.75, 3.05) is 0 Å². The Morgan fingerprint density at radius 2 is 1.67 bits per heavy atom. The van der Waals surface area contributed by atoms with Gasteiger partial charge >= 0.3 is 0 Å². The minimum Gasteiger partial charge on any atom is -0.461 e. The topological polar surface area (TPSA) is 26.3 Å². The number of ether oxygens (including phenoxy) is 1. The average molecular weight is 276 g/mol. The van der Waals surface area contributed by atoms with Crippen LogP contribution in [-0.4, -0.2) is 5.78 Å². The van der Waals surface area contributed by atoms with E-state index >= 15 is 0 Å². The number of carbonyl (C=O) groups excluding carboxylic acids is 1. The second kappa shape index (κ2) is 4.88.